The fourth-order valence-corrected chi connectivity index (χ4v) is 1.60. The molecule has 7 nitrogen and oxygen atoms in total. The number of carboxylic acid groups (broad SMARTS) is 1. The smallest absolute Gasteiger partial charge is 0.311 e. The fourth-order valence-electron chi connectivity index (χ4n) is 1.60. The van der Waals surface area contributed by atoms with Crippen LogP contribution >= 0.6 is 0 Å². The predicted molar refractivity (Wildman–Crippen MR) is 55.2 cm³/mol. The molecule has 2 heterocycles. The van der Waals surface area contributed by atoms with E-state index in [0.717, 1.165) is 0 Å². The largest absolute Gasteiger partial charge is 0.481 e. The number of ether oxygens (including phenoxy) is 1. The van der Waals surface area contributed by atoms with Crippen LogP contribution in [-0.4, -0.2) is 46.2 Å². The second-order valence-electron chi connectivity index (χ2n) is 3.65. The number of carboxylic acids is 1. The minimum absolute atomic E-state index is 0.112. The van der Waals surface area contributed by atoms with Crippen molar-refractivity contribution in [1.29, 1.82) is 0 Å². The average Bonchev–Trinajstić information content (AvgIpc) is 2.78. The van der Waals surface area contributed by atoms with Crippen molar-refractivity contribution in [1.82, 2.24) is 15.3 Å². The standard InChI is InChI=1S/C10H11N3O4/c14-9(7-3-11-1-2-12-7)13-8-5-17-4-6(8)10(15)16/h1-3,6,8H,4-5H2,(H,13,14)(H,15,16). The quantitative estimate of drug-likeness (QED) is 0.721. The molecule has 0 saturated carbocycles. The molecule has 0 radical (unpaired) electrons. The molecule has 17 heavy (non-hydrogen) atoms. The number of aromatic nitrogens is 2. The Kier molecular flexibility index (Phi) is 3.29. The summed E-state index contributed by atoms with van der Waals surface area (Å²) in [6, 6.07) is -0.526. The second-order valence-corrected chi connectivity index (χ2v) is 3.65. The van der Waals surface area contributed by atoms with Crippen molar-refractivity contribution < 1.29 is 19.4 Å². The zero-order valence-electron chi connectivity index (χ0n) is 8.87. The molecule has 7 heteroatoms. The Bertz CT molecular complexity index is 423. The van der Waals surface area contributed by atoms with E-state index in [4.69, 9.17) is 9.84 Å². The van der Waals surface area contributed by atoms with E-state index in [1.807, 2.05) is 0 Å². The molecule has 0 bridgehead atoms. The van der Waals surface area contributed by atoms with Crippen molar-refractivity contribution >= 4 is 11.9 Å². The Labute approximate surface area is 96.8 Å². The molecule has 1 aliphatic heterocycles. The number of amides is 1. The Morgan fingerprint density at radius 3 is 2.88 bits per heavy atom. The first kappa shape index (κ1) is 11.5. The summed E-state index contributed by atoms with van der Waals surface area (Å²) in [5.41, 5.74) is 0.156. The van der Waals surface area contributed by atoms with Crippen molar-refractivity contribution in [3.05, 3.63) is 24.3 Å². The Hall–Kier alpha value is -2.02. The third-order valence-electron chi connectivity index (χ3n) is 2.51. The van der Waals surface area contributed by atoms with Crippen LogP contribution in [0.4, 0.5) is 0 Å². The van der Waals surface area contributed by atoms with Crippen LogP contribution < -0.4 is 5.32 Å². The average molecular weight is 237 g/mol. The summed E-state index contributed by atoms with van der Waals surface area (Å²) < 4.78 is 5.04. The van der Waals surface area contributed by atoms with Crippen LogP contribution in [-0.2, 0) is 9.53 Å². The lowest BCUT2D eigenvalue weighted by Crippen LogP contribution is -2.42. The van der Waals surface area contributed by atoms with Gasteiger partial charge in [0.2, 0.25) is 0 Å². The number of hydrogen-bond acceptors (Lipinski definition) is 5. The number of aliphatic carboxylic acids is 1. The normalized spacial score (nSPS) is 23.3. The van der Waals surface area contributed by atoms with Crippen molar-refractivity contribution in [2.75, 3.05) is 13.2 Å². The molecule has 1 fully saturated rings. The lowest BCUT2D eigenvalue weighted by atomic mass is 10.0. The highest BCUT2D eigenvalue weighted by atomic mass is 16.5. The van der Waals surface area contributed by atoms with E-state index >= 15 is 0 Å². The number of hydrogen-bond donors (Lipinski definition) is 2. The first-order chi connectivity index (χ1) is 8.18. The third kappa shape index (κ3) is 2.56. The van der Waals surface area contributed by atoms with Crippen LogP contribution in [0.1, 0.15) is 10.5 Å². The molecule has 1 aromatic rings. The van der Waals surface area contributed by atoms with Gasteiger partial charge in [0.25, 0.3) is 5.91 Å². The van der Waals surface area contributed by atoms with Crippen molar-refractivity contribution in [2.45, 2.75) is 6.04 Å². The minimum Gasteiger partial charge on any atom is -0.481 e. The molecule has 1 amide bonds. The van der Waals surface area contributed by atoms with Crippen LogP contribution in [0.15, 0.2) is 18.6 Å². The highest BCUT2D eigenvalue weighted by Crippen LogP contribution is 2.14. The van der Waals surface area contributed by atoms with Gasteiger partial charge in [-0.15, -0.1) is 0 Å². The summed E-state index contributed by atoms with van der Waals surface area (Å²) in [5, 5.41) is 11.5. The van der Waals surface area contributed by atoms with Gasteiger partial charge >= 0.3 is 5.97 Å². The lowest BCUT2D eigenvalue weighted by molar-refractivity contribution is -0.142. The van der Waals surface area contributed by atoms with Crippen molar-refractivity contribution in [3.63, 3.8) is 0 Å². The predicted octanol–water partition coefficient (Wildman–Crippen LogP) is -0.694. The first-order valence-electron chi connectivity index (χ1n) is 5.06. The summed E-state index contributed by atoms with van der Waals surface area (Å²) in [6.07, 6.45) is 4.17. The van der Waals surface area contributed by atoms with Gasteiger partial charge in [-0.3, -0.25) is 14.6 Å². The summed E-state index contributed by atoms with van der Waals surface area (Å²) in [7, 11) is 0. The molecule has 2 atom stereocenters. The molecule has 2 N–H and O–H groups in total. The van der Waals surface area contributed by atoms with Crippen LogP contribution in [0.25, 0.3) is 0 Å². The molecule has 1 aromatic heterocycles. The minimum atomic E-state index is -0.980. The summed E-state index contributed by atoms with van der Waals surface area (Å²) in [4.78, 5) is 30.2. The molecule has 0 aliphatic carbocycles. The van der Waals surface area contributed by atoms with E-state index in [0.29, 0.717) is 0 Å². The molecule has 2 unspecified atom stereocenters. The molecule has 1 saturated heterocycles. The number of carbonyl (C=O) groups is 2. The van der Waals surface area contributed by atoms with Crippen LogP contribution in [0.5, 0.6) is 0 Å². The molecule has 90 valence electrons. The molecule has 0 aromatic carbocycles. The Morgan fingerprint density at radius 2 is 2.24 bits per heavy atom. The zero-order valence-corrected chi connectivity index (χ0v) is 8.87. The van der Waals surface area contributed by atoms with Gasteiger partial charge in [0, 0.05) is 12.4 Å². The fraction of sp³-hybridized carbons (Fsp3) is 0.400. The number of rotatable bonds is 3. The van der Waals surface area contributed by atoms with Gasteiger partial charge in [0.05, 0.1) is 25.5 Å². The van der Waals surface area contributed by atoms with Gasteiger partial charge in [0.1, 0.15) is 11.6 Å². The highest BCUT2D eigenvalue weighted by Gasteiger charge is 2.35. The first-order valence-corrected chi connectivity index (χ1v) is 5.06. The van der Waals surface area contributed by atoms with Crippen LogP contribution in [0.2, 0.25) is 0 Å². The van der Waals surface area contributed by atoms with E-state index in [2.05, 4.69) is 15.3 Å². The van der Waals surface area contributed by atoms with Crippen LogP contribution in [0.3, 0.4) is 0 Å². The van der Waals surface area contributed by atoms with E-state index in [1.165, 1.54) is 18.6 Å². The number of carbonyl (C=O) groups excluding carboxylic acids is 1. The van der Waals surface area contributed by atoms with E-state index in [-0.39, 0.29) is 18.9 Å². The van der Waals surface area contributed by atoms with Gasteiger partial charge in [-0.25, -0.2) is 4.98 Å². The number of nitrogens with zero attached hydrogens (tertiary/aromatic N) is 2. The molecule has 1 aliphatic rings. The van der Waals surface area contributed by atoms with Crippen LogP contribution in [0, 0.1) is 5.92 Å². The molecule has 0 spiro atoms. The van der Waals surface area contributed by atoms with Gasteiger partial charge in [-0.2, -0.15) is 0 Å². The van der Waals surface area contributed by atoms with Gasteiger partial charge < -0.3 is 15.2 Å². The van der Waals surface area contributed by atoms with Gasteiger partial charge in [0.15, 0.2) is 0 Å². The molecule has 2 rings (SSSR count). The monoisotopic (exact) mass is 237 g/mol. The van der Waals surface area contributed by atoms with Crippen molar-refractivity contribution in [2.24, 2.45) is 5.92 Å². The Balaban J connectivity index is 2.02. The number of nitrogens with one attached hydrogen (secondary N) is 1. The summed E-state index contributed by atoms with van der Waals surface area (Å²) in [6.45, 7) is 0.309. The lowest BCUT2D eigenvalue weighted by Gasteiger charge is -2.14. The van der Waals surface area contributed by atoms with E-state index in [9.17, 15) is 9.59 Å². The zero-order chi connectivity index (χ0) is 12.3. The van der Waals surface area contributed by atoms with E-state index < -0.39 is 23.8 Å². The maximum absolute atomic E-state index is 11.7. The summed E-state index contributed by atoms with van der Waals surface area (Å²) >= 11 is 0. The molecular weight excluding hydrogens is 226 g/mol. The maximum Gasteiger partial charge on any atom is 0.311 e. The SMILES string of the molecule is O=C(NC1COCC1C(=O)O)c1cnccn1. The van der Waals surface area contributed by atoms with E-state index in [1.54, 1.807) is 0 Å². The topological polar surface area (TPSA) is 101 Å². The Morgan fingerprint density at radius 1 is 1.41 bits per heavy atom. The molecular formula is C10H11N3O4. The maximum atomic E-state index is 11.7. The third-order valence-corrected chi connectivity index (χ3v) is 2.51. The van der Waals surface area contributed by atoms with Gasteiger partial charge in [-0.05, 0) is 0 Å². The second kappa shape index (κ2) is 4.88. The van der Waals surface area contributed by atoms with Gasteiger partial charge in [-0.1, -0.05) is 0 Å². The highest BCUT2D eigenvalue weighted by molar-refractivity contribution is 5.92. The van der Waals surface area contributed by atoms with Crippen molar-refractivity contribution in [3.8, 4) is 0 Å². The summed E-state index contributed by atoms with van der Waals surface area (Å²) in [5.74, 6) is -2.14.